The second kappa shape index (κ2) is 7.87. The van der Waals surface area contributed by atoms with Crippen molar-refractivity contribution in [1.82, 2.24) is 0 Å². The summed E-state index contributed by atoms with van der Waals surface area (Å²) >= 11 is 0. The zero-order valence-corrected chi connectivity index (χ0v) is 12.1. The van der Waals surface area contributed by atoms with Crippen LogP contribution in [0.2, 0.25) is 0 Å². The van der Waals surface area contributed by atoms with Gasteiger partial charge in [0.05, 0.1) is 5.30 Å². The van der Waals surface area contributed by atoms with E-state index in [9.17, 15) is 4.57 Å². The van der Waals surface area contributed by atoms with Crippen molar-refractivity contribution in [3.8, 4) is 16.9 Å². The highest BCUT2D eigenvalue weighted by atomic mass is 31.1. The van der Waals surface area contributed by atoms with Gasteiger partial charge in [-0.1, -0.05) is 36.4 Å². The summed E-state index contributed by atoms with van der Waals surface area (Å²) in [6, 6.07) is 14.6. The van der Waals surface area contributed by atoms with Crippen molar-refractivity contribution >= 4 is 26.2 Å². The summed E-state index contributed by atoms with van der Waals surface area (Å²) in [7, 11) is -2.11. The van der Waals surface area contributed by atoms with Crippen LogP contribution in [-0.4, -0.2) is 12.8 Å². The van der Waals surface area contributed by atoms with Gasteiger partial charge in [0.15, 0.2) is 0 Å². The van der Waals surface area contributed by atoms with E-state index >= 15 is 0 Å². The smallest absolute Gasteiger partial charge is 0.309 e. The highest BCUT2D eigenvalue weighted by molar-refractivity contribution is 7.49. The summed E-state index contributed by atoms with van der Waals surface area (Å²) in [5.74, 6) is 0.722. The Kier molecular flexibility index (Phi) is 6.17. The predicted octanol–water partition coefficient (Wildman–Crippen LogP) is 1.68. The average molecular weight is 306 g/mol. The van der Waals surface area contributed by atoms with Crippen LogP contribution < -0.4 is 21.3 Å². The first-order valence-corrected chi connectivity index (χ1v) is 7.15. The predicted molar refractivity (Wildman–Crippen MR) is 82.0 cm³/mol. The van der Waals surface area contributed by atoms with Crippen molar-refractivity contribution in [1.29, 1.82) is 0 Å². The summed E-state index contributed by atoms with van der Waals surface area (Å²) in [6.07, 6.45) is 0. The Bertz CT molecular complexity index is 657. The number of urea groups is 1. The Morgan fingerprint density at radius 2 is 1.43 bits per heavy atom. The normalized spacial score (nSPS) is 13.8. The number of carbonyl (C=O) groups is 2. The molecule has 2 aromatic rings. The minimum absolute atomic E-state index is 0.722. The first-order chi connectivity index (χ1) is 10.1. The minimum atomic E-state index is -2.11. The lowest BCUT2D eigenvalue weighted by Gasteiger charge is -2.19. The van der Waals surface area contributed by atoms with E-state index in [1.165, 1.54) is 0 Å². The second-order valence-corrected chi connectivity index (χ2v) is 5.15. The summed E-state index contributed by atoms with van der Waals surface area (Å²) in [6.45, 7) is 2.00. The molecule has 1 heterocycles. The number of primary amides is 2. The third kappa shape index (κ3) is 4.19. The van der Waals surface area contributed by atoms with Gasteiger partial charge >= 0.3 is 6.03 Å². The standard InChI is InChI=1S/C12H9O2P.CH4N2O.CH2O/c13-15-12-8-4-2-6-10(12)9-5-1-3-7-11(9)14-15;2-1(3)4;1-2/h1-8,15H;(H4,2,3,4);1H2. The molecule has 2 amide bonds. The van der Waals surface area contributed by atoms with E-state index in [0.29, 0.717) is 0 Å². The lowest BCUT2D eigenvalue weighted by Crippen LogP contribution is -2.18. The zero-order valence-electron chi connectivity index (χ0n) is 11.1. The fraction of sp³-hybridized carbons (Fsp3) is 0. The molecule has 2 aromatic carbocycles. The van der Waals surface area contributed by atoms with Crippen molar-refractivity contribution in [2.24, 2.45) is 11.5 Å². The molecule has 110 valence electrons. The lowest BCUT2D eigenvalue weighted by atomic mass is 10.0. The highest BCUT2D eigenvalue weighted by Gasteiger charge is 2.20. The Hall–Kier alpha value is -2.59. The number of hydrogen-bond acceptors (Lipinski definition) is 4. The number of carbonyl (C=O) groups excluding carboxylic acids is 2. The lowest BCUT2D eigenvalue weighted by molar-refractivity contribution is -0.0979. The Labute approximate surface area is 122 Å². The summed E-state index contributed by atoms with van der Waals surface area (Å²) < 4.78 is 17.2. The fourth-order valence-electron chi connectivity index (χ4n) is 1.83. The monoisotopic (exact) mass is 306 g/mol. The highest BCUT2D eigenvalue weighted by Crippen LogP contribution is 2.41. The Balaban J connectivity index is 0.000000322. The molecule has 3 rings (SSSR count). The Morgan fingerprint density at radius 1 is 0.952 bits per heavy atom. The molecular formula is C14H15N2O4P. The van der Waals surface area contributed by atoms with Crippen molar-refractivity contribution in [3.05, 3.63) is 48.5 Å². The first kappa shape index (κ1) is 16.5. The van der Waals surface area contributed by atoms with Crippen molar-refractivity contribution < 1.29 is 18.7 Å². The van der Waals surface area contributed by atoms with Gasteiger partial charge in [-0.2, -0.15) is 0 Å². The molecule has 0 spiro atoms. The van der Waals surface area contributed by atoms with Crippen molar-refractivity contribution in [2.75, 3.05) is 0 Å². The number of rotatable bonds is 0. The molecule has 0 saturated heterocycles. The molecule has 1 aliphatic rings. The van der Waals surface area contributed by atoms with E-state index in [-0.39, 0.29) is 0 Å². The van der Waals surface area contributed by atoms with Gasteiger partial charge in [0, 0.05) is 5.56 Å². The van der Waals surface area contributed by atoms with E-state index in [2.05, 4.69) is 11.5 Å². The number of para-hydroxylation sites is 1. The molecular weight excluding hydrogens is 291 g/mol. The molecule has 7 heteroatoms. The largest absolute Gasteiger partial charge is 0.441 e. The van der Waals surface area contributed by atoms with Crippen LogP contribution in [0.25, 0.3) is 11.1 Å². The number of hydrogen-bond donors (Lipinski definition) is 2. The summed E-state index contributed by atoms with van der Waals surface area (Å²) in [5, 5.41) is 0.821. The van der Waals surface area contributed by atoms with E-state index < -0.39 is 14.1 Å². The maximum absolute atomic E-state index is 11.8. The van der Waals surface area contributed by atoms with Gasteiger partial charge in [-0.15, -0.1) is 0 Å². The van der Waals surface area contributed by atoms with Gasteiger partial charge in [0.1, 0.15) is 12.5 Å². The molecule has 6 nitrogen and oxygen atoms in total. The van der Waals surface area contributed by atoms with Gasteiger partial charge in [-0.25, -0.2) is 4.79 Å². The number of amides is 2. The van der Waals surface area contributed by atoms with Crippen molar-refractivity contribution in [3.63, 3.8) is 0 Å². The molecule has 4 N–H and O–H groups in total. The average Bonchev–Trinajstić information content (AvgIpc) is 2.49. The number of benzene rings is 2. The summed E-state index contributed by atoms with van der Waals surface area (Å²) in [4.78, 5) is 17.0. The SMILES string of the molecule is C=O.NC(N)=O.O=[PH]1Oc2ccccc2-c2ccccc21. The van der Waals surface area contributed by atoms with Crippen LogP contribution >= 0.6 is 8.03 Å². The van der Waals surface area contributed by atoms with Gasteiger partial charge < -0.3 is 20.8 Å². The summed E-state index contributed by atoms with van der Waals surface area (Å²) in [5.41, 5.74) is 10.6. The quantitative estimate of drug-likeness (QED) is 0.721. The van der Waals surface area contributed by atoms with Crippen LogP contribution in [0.15, 0.2) is 48.5 Å². The minimum Gasteiger partial charge on any atom is -0.441 e. The van der Waals surface area contributed by atoms with Gasteiger partial charge in [-0.05, 0) is 17.7 Å². The molecule has 0 bridgehead atoms. The van der Waals surface area contributed by atoms with E-state index in [1.807, 2.05) is 55.3 Å². The van der Waals surface area contributed by atoms with Crippen LogP contribution in [0.3, 0.4) is 0 Å². The van der Waals surface area contributed by atoms with Crippen LogP contribution in [0.4, 0.5) is 4.79 Å². The van der Waals surface area contributed by atoms with Crippen LogP contribution in [0, 0.1) is 0 Å². The molecule has 0 saturated carbocycles. The third-order valence-electron chi connectivity index (χ3n) is 2.53. The van der Waals surface area contributed by atoms with E-state index in [0.717, 1.165) is 22.2 Å². The molecule has 1 atom stereocenters. The number of fused-ring (bicyclic) bond motifs is 3. The maximum Gasteiger partial charge on any atom is 0.309 e. The van der Waals surface area contributed by atoms with Crippen LogP contribution in [0.5, 0.6) is 5.75 Å². The van der Waals surface area contributed by atoms with Crippen LogP contribution in [0.1, 0.15) is 0 Å². The fourth-order valence-corrected chi connectivity index (χ4v) is 2.99. The maximum atomic E-state index is 11.8. The van der Waals surface area contributed by atoms with E-state index in [4.69, 9.17) is 14.1 Å². The van der Waals surface area contributed by atoms with Gasteiger partial charge in [-0.3, -0.25) is 4.57 Å². The van der Waals surface area contributed by atoms with Crippen LogP contribution in [-0.2, 0) is 9.36 Å². The van der Waals surface area contributed by atoms with Gasteiger partial charge in [0.25, 0.3) is 8.03 Å². The van der Waals surface area contributed by atoms with Crippen molar-refractivity contribution in [2.45, 2.75) is 0 Å². The van der Waals surface area contributed by atoms with E-state index in [1.54, 1.807) is 0 Å². The molecule has 1 aliphatic heterocycles. The number of nitrogens with two attached hydrogens (primary N) is 2. The molecule has 0 fully saturated rings. The zero-order chi connectivity index (χ0) is 15.8. The molecule has 1 unspecified atom stereocenters. The van der Waals surface area contributed by atoms with Gasteiger partial charge in [0.2, 0.25) is 0 Å². The third-order valence-corrected chi connectivity index (χ3v) is 3.81. The first-order valence-electron chi connectivity index (χ1n) is 5.84. The Morgan fingerprint density at radius 3 is 2.05 bits per heavy atom. The molecule has 0 radical (unpaired) electrons. The second-order valence-electron chi connectivity index (χ2n) is 3.83. The topological polar surface area (TPSA) is 112 Å². The molecule has 21 heavy (non-hydrogen) atoms. The molecule has 0 aromatic heterocycles. The molecule has 0 aliphatic carbocycles.